The number of hydrogen-bond acceptors (Lipinski definition) is 4. The first-order chi connectivity index (χ1) is 13.2. The average molecular weight is 410 g/mol. The second-order valence-electron chi connectivity index (χ2n) is 5.99. The van der Waals surface area contributed by atoms with E-state index in [1.54, 1.807) is 11.3 Å². The molecule has 0 aliphatic carbocycles. The highest BCUT2D eigenvalue weighted by molar-refractivity contribution is 7.21. The van der Waals surface area contributed by atoms with E-state index in [0.29, 0.717) is 9.90 Å². The van der Waals surface area contributed by atoms with E-state index in [-0.39, 0.29) is 5.91 Å². The Hall–Kier alpha value is -2.67. The molecule has 132 valence electrons. The summed E-state index contributed by atoms with van der Waals surface area (Å²) in [6, 6.07) is 15.4. The summed E-state index contributed by atoms with van der Waals surface area (Å²) < 4.78 is 3.00. The molecule has 0 spiro atoms. The SMILES string of the molecule is O=C(Nc1ccc(-c2cn3ccsc3n2)cc1)c1sc2ccccc2c1Cl. The van der Waals surface area contributed by atoms with Crippen molar-refractivity contribution in [2.75, 3.05) is 5.32 Å². The van der Waals surface area contributed by atoms with E-state index in [9.17, 15) is 4.79 Å². The van der Waals surface area contributed by atoms with Gasteiger partial charge in [-0.25, -0.2) is 4.98 Å². The molecule has 0 radical (unpaired) electrons. The Morgan fingerprint density at radius 1 is 1.11 bits per heavy atom. The molecule has 27 heavy (non-hydrogen) atoms. The van der Waals surface area contributed by atoms with Gasteiger partial charge < -0.3 is 5.32 Å². The number of aromatic nitrogens is 2. The fourth-order valence-corrected chi connectivity index (χ4v) is 5.05. The summed E-state index contributed by atoms with van der Waals surface area (Å²) in [5.74, 6) is -0.198. The standard InChI is InChI=1S/C20H12ClN3OS2/c21-17-14-3-1-2-4-16(14)27-18(17)19(25)22-13-7-5-12(6-8-13)15-11-24-9-10-26-20(24)23-15/h1-11H,(H,22,25). The zero-order chi connectivity index (χ0) is 18.4. The first kappa shape index (κ1) is 16.5. The molecule has 3 aromatic heterocycles. The van der Waals surface area contributed by atoms with Crippen molar-refractivity contribution in [1.82, 2.24) is 9.38 Å². The van der Waals surface area contributed by atoms with Gasteiger partial charge in [0.2, 0.25) is 0 Å². The van der Waals surface area contributed by atoms with Gasteiger partial charge in [-0.05, 0) is 18.2 Å². The molecule has 0 unspecified atom stereocenters. The molecule has 0 fully saturated rings. The maximum Gasteiger partial charge on any atom is 0.267 e. The molecule has 1 N–H and O–H groups in total. The van der Waals surface area contributed by atoms with Crippen LogP contribution in [0.2, 0.25) is 5.02 Å². The number of halogens is 1. The van der Waals surface area contributed by atoms with Crippen molar-refractivity contribution >= 4 is 60.9 Å². The van der Waals surface area contributed by atoms with Crippen LogP contribution in [0.3, 0.4) is 0 Å². The number of anilines is 1. The van der Waals surface area contributed by atoms with Crippen LogP contribution in [0.25, 0.3) is 26.3 Å². The van der Waals surface area contributed by atoms with Crippen LogP contribution in [0.15, 0.2) is 66.3 Å². The van der Waals surface area contributed by atoms with E-state index in [2.05, 4.69) is 10.3 Å². The fourth-order valence-electron chi connectivity index (χ4n) is 2.94. The minimum absolute atomic E-state index is 0.198. The van der Waals surface area contributed by atoms with Crippen LogP contribution in [0.1, 0.15) is 9.67 Å². The number of amides is 1. The zero-order valence-corrected chi connectivity index (χ0v) is 16.2. The monoisotopic (exact) mass is 409 g/mol. The van der Waals surface area contributed by atoms with E-state index in [1.807, 2.05) is 70.7 Å². The van der Waals surface area contributed by atoms with Gasteiger partial charge in [0, 0.05) is 39.1 Å². The highest BCUT2D eigenvalue weighted by atomic mass is 35.5. The number of nitrogens with one attached hydrogen (secondary N) is 1. The quantitative estimate of drug-likeness (QED) is 0.386. The molecule has 7 heteroatoms. The Labute approximate surface area is 167 Å². The first-order valence-electron chi connectivity index (χ1n) is 8.20. The number of hydrogen-bond donors (Lipinski definition) is 1. The second kappa shape index (κ2) is 6.49. The molecule has 2 aromatic carbocycles. The minimum atomic E-state index is -0.198. The molecule has 0 bridgehead atoms. The summed E-state index contributed by atoms with van der Waals surface area (Å²) >= 11 is 9.39. The van der Waals surface area contributed by atoms with Gasteiger partial charge in [0.15, 0.2) is 4.96 Å². The second-order valence-corrected chi connectivity index (χ2v) is 8.29. The van der Waals surface area contributed by atoms with Gasteiger partial charge in [-0.2, -0.15) is 0 Å². The van der Waals surface area contributed by atoms with Gasteiger partial charge in [-0.15, -0.1) is 22.7 Å². The van der Waals surface area contributed by atoms with Crippen molar-refractivity contribution in [2.24, 2.45) is 0 Å². The van der Waals surface area contributed by atoms with Crippen LogP contribution in [0.4, 0.5) is 5.69 Å². The van der Waals surface area contributed by atoms with Crippen LogP contribution in [0, 0.1) is 0 Å². The molecule has 0 aliphatic rings. The Bertz CT molecular complexity index is 1260. The van der Waals surface area contributed by atoms with Gasteiger partial charge in [0.25, 0.3) is 5.91 Å². The molecule has 0 atom stereocenters. The van der Waals surface area contributed by atoms with Crippen molar-refractivity contribution in [3.8, 4) is 11.3 Å². The smallest absolute Gasteiger partial charge is 0.267 e. The maximum atomic E-state index is 12.6. The number of nitrogens with zero attached hydrogens (tertiary/aromatic N) is 2. The Kier molecular flexibility index (Phi) is 3.97. The third-order valence-electron chi connectivity index (χ3n) is 4.27. The van der Waals surface area contributed by atoms with E-state index in [0.717, 1.165) is 32.0 Å². The predicted molar refractivity (Wildman–Crippen MR) is 113 cm³/mol. The van der Waals surface area contributed by atoms with Gasteiger partial charge in [0.05, 0.1) is 10.7 Å². The highest BCUT2D eigenvalue weighted by Crippen LogP contribution is 2.35. The predicted octanol–water partition coefficient (Wildman–Crippen LogP) is 6.18. The number of carbonyl (C=O) groups excluding carboxylic acids is 1. The Balaban J connectivity index is 1.39. The van der Waals surface area contributed by atoms with E-state index >= 15 is 0 Å². The number of rotatable bonds is 3. The molecular weight excluding hydrogens is 398 g/mol. The summed E-state index contributed by atoms with van der Waals surface area (Å²) in [5.41, 5.74) is 2.63. The normalized spacial score (nSPS) is 11.3. The first-order valence-corrected chi connectivity index (χ1v) is 10.3. The molecule has 1 amide bonds. The minimum Gasteiger partial charge on any atom is -0.321 e. The number of carbonyl (C=O) groups is 1. The largest absolute Gasteiger partial charge is 0.321 e. The molecule has 0 saturated carbocycles. The Morgan fingerprint density at radius 2 is 1.93 bits per heavy atom. The lowest BCUT2D eigenvalue weighted by Crippen LogP contribution is -2.10. The number of imidazole rings is 1. The van der Waals surface area contributed by atoms with Crippen LogP contribution in [0.5, 0.6) is 0 Å². The van der Waals surface area contributed by atoms with Crippen LogP contribution >= 0.6 is 34.3 Å². The summed E-state index contributed by atoms with van der Waals surface area (Å²) in [7, 11) is 0. The van der Waals surface area contributed by atoms with Crippen molar-refractivity contribution in [2.45, 2.75) is 0 Å². The van der Waals surface area contributed by atoms with Gasteiger partial charge in [-0.1, -0.05) is 41.9 Å². The van der Waals surface area contributed by atoms with Gasteiger partial charge in [-0.3, -0.25) is 9.20 Å². The van der Waals surface area contributed by atoms with Gasteiger partial charge in [0.1, 0.15) is 4.88 Å². The number of thiazole rings is 1. The molecule has 4 nitrogen and oxygen atoms in total. The van der Waals surface area contributed by atoms with Crippen LogP contribution in [-0.4, -0.2) is 15.3 Å². The van der Waals surface area contributed by atoms with E-state index < -0.39 is 0 Å². The molecule has 0 saturated heterocycles. The molecule has 3 heterocycles. The lowest BCUT2D eigenvalue weighted by Gasteiger charge is -2.05. The third kappa shape index (κ3) is 2.92. The number of benzene rings is 2. The van der Waals surface area contributed by atoms with Gasteiger partial charge >= 0.3 is 0 Å². The summed E-state index contributed by atoms with van der Waals surface area (Å²) in [4.78, 5) is 18.7. The number of fused-ring (bicyclic) bond motifs is 2. The summed E-state index contributed by atoms with van der Waals surface area (Å²) in [6.07, 6.45) is 3.98. The molecule has 5 aromatic rings. The fraction of sp³-hybridized carbons (Fsp3) is 0. The third-order valence-corrected chi connectivity index (χ3v) is 6.72. The summed E-state index contributed by atoms with van der Waals surface area (Å²) in [5, 5.41) is 6.34. The van der Waals surface area contributed by atoms with E-state index in [1.165, 1.54) is 11.3 Å². The number of thiophene rings is 1. The topological polar surface area (TPSA) is 46.4 Å². The average Bonchev–Trinajstić information content (AvgIpc) is 3.36. The zero-order valence-electron chi connectivity index (χ0n) is 13.8. The summed E-state index contributed by atoms with van der Waals surface area (Å²) in [6.45, 7) is 0. The van der Waals surface area contributed by atoms with Crippen molar-refractivity contribution in [3.63, 3.8) is 0 Å². The maximum absolute atomic E-state index is 12.6. The van der Waals surface area contributed by atoms with Crippen LogP contribution in [-0.2, 0) is 0 Å². The van der Waals surface area contributed by atoms with E-state index in [4.69, 9.17) is 11.6 Å². The molecule has 5 rings (SSSR count). The van der Waals surface area contributed by atoms with Crippen LogP contribution < -0.4 is 5.32 Å². The highest BCUT2D eigenvalue weighted by Gasteiger charge is 2.17. The lowest BCUT2D eigenvalue weighted by atomic mass is 10.1. The molecule has 0 aliphatic heterocycles. The molecular formula is C20H12ClN3OS2. The Morgan fingerprint density at radius 3 is 2.70 bits per heavy atom. The van der Waals surface area contributed by atoms with Crippen molar-refractivity contribution in [1.29, 1.82) is 0 Å². The van der Waals surface area contributed by atoms with Crippen molar-refractivity contribution < 1.29 is 4.79 Å². The lowest BCUT2D eigenvalue weighted by molar-refractivity contribution is 0.103. The van der Waals surface area contributed by atoms with Crippen molar-refractivity contribution in [3.05, 3.63) is 76.2 Å².